The van der Waals surface area contributed by atoms with Crippen molar-refractivity contribution >= 4 is 16.9 Å². The molecule has 0 spiro atoms. The molecule has 2 aromatic carbocycles. The summed E-state index contributed by atoms with van der Waals surface area (Å²) in [6.45, 7) is 2.13. The molecule has 0 saturated carbocycles. The normalized spacial score (nSPS) is 14.2. The standard InChI is InChI=1S/C22H20N4/c1-3-9-17(10-4-1)19-15-26(18-11-5-2-6-12-18)22-20(19)21(23-16-24-22)25-13-7-8-14-25/h1-6,9-12,15-16H,7-8,13-14H2. The van der Waals surface area contributed by atoms with Crippen LogP contribution in [0.2, 0.25) is 0 Å². The van der Waals surface area contributed by atoms with Crippen molar-refractivity contribution in [3.05, 3.63) is 73.2 Å². The van der Waals surface area contributed by atoms with Crippen LogP contribution in [0, 0.1) is 0 Å². The minimum absolute atomic E-state index is 0.965. The van der Waals surface area contributed by atoms with E-state index < -0.39 is 0 Å². The molecule has 2 aromatic heterocycles. The average molecular weight is 340 g/mol. The lowest BCUT2D eigenvalue weighted by Crippen LogP contribution is -2.19. The third kappa shape index (κ3) is 2.46. The van der Waals surface area contributed by atoms with Gasteiger partial charge in [-0.2, -0.15) is 0 Å². The van der Waals surface area contributed by atoms with Crippen molar-refractivity contribution in [2.45, 2.75) is 12.8 Å². The summed E-state index contributed by atoms with van der Waals surface area (Å²) in [5, 5.41) is 1.14. The molecule has 0 atom stereocenters. The third-order valence-corrected chi connectivity index (χ3v) is 5.09. The summed E-state index contributed by atoms with van der Waals surface area (Å²) < 4.78 is 2.18. The summed E-state index contributed by atoms with van der Waals surface area (Å²) >= 11 is 0. The van der Waals surface area contributed by atoms with Crippen molar-refractivity contribution in [2.24, 2.45) is 0 Å². The maximum Gasteiger partial charge on any atom is 0.150 e. The molecule has 1 aliphatic rings. The monoisotopic (exact) mass is 340 g/mol. The lowest BCUT2D eigenvalue weighted by atomic mass is 10.1. The predicted molar refractivity (Wildman–Crippen MR) is 106 cm³/mol. The number of benzene rings is 2. The molecule has 3 heterocycles. The van der Waals surface area contributed by atoms with Crippen LogP contribution in [0.5, 0.6) is 0 Å². The van der Waals surface area contributed by atoms with Gasteiger partial charge in [-0.05, 0) is 30.5 Å². The van der Waals surface area contributed by atoms with Crippen LogP contribution in [0.1, 0.15) is 12.8 Å². The quantitative estimate of drug-likeness (QED) is 0.543. The Balaban J connectivity index is 1.81. The molecule has 26 heavy (non-hydrogen) atoms. The van der Waals surface area contributed by atoms with Crippen molar-refractivity contribution in [3.8, 4) is 16.8 Å². The van der Waals surface area contributed by atoms with E-state index in [1.54, 1.807) is 6.33 Å². The van der Waals surface area contributed by atoms with Crippen LogP contribution >= 0.6 is 0 Å². The van der Waals surface area contributed by atoms with Gasteiger partial charge >= 0.3 is 0 Å². The number of para-hydroxylation sites is 1. The molecule has 4 heteroatoms. The van der Waals surface area contributed by atoms with Crippen molar-refractivity contribution < 1.29 is 0 Å². The molecule has 4 nitrogen and oxygen atoms in total. The zero-order valence-corrected chi connectivity index (χ0v) is 14.5. The molecule has 1 aliphatic heterocycles. The maximum absolute atomic E-state index is 4.68. The van der Waals surface area contributed by atoms with Gasteiger partial charge in [0.05, 0.1) is 5.39 Å². The van der Waals surface area contributed by atoms with Crippen LogP contribution in [0.4, 0.5) is 5.82 Å². The van der Waals surface area contributed by atoms with E-state index in [1.165, 1.54) is 24.0 Å². The van der Waals surface area contributed by atoms with E-state index in [2.05, 4.69) is 80.2 Å². The number of fused-ring (bicyclic) bond motifs is 1. The average Bonchev–Trinajstić information content (AvgIpc) is 3.37. The van der Waals surface area contributed by atoms with Gasteiger partial charge in [-0.1, -0.05) is 48.5 Å². The fourth-order valence-electron chi connectivity index (χ4n) is 3.84. The molecular formula is C22H20N4. The fourth-order valence-corrected chi connectivity index (χ4v) is 3.84. The minimum Gasteiger partial charge on any atom is -0.356 e. The first-order valence-corrected chi connectivity index (χ1v) is 9.14. The molecule has 0 bridgehead atoms. The Bertz CT molecular complexity index is 1030. The summed E-state index contributed by atoms with van der Waals surface area (Å²) in [6.07, 6.45) is 6.35. The number of anilines is 1. The summed E-state index contributed by atoms with van der Waals surface area (Å²) in [6, 6.07) is 20.9. The van der Waals surface area contributed by atoms with Crippen molar-refractivity contribution in [1.29, 1.82) is 0 Å². The Kier molecular flexibility index (Phi) is 3.67. The summed E-state index contributed by atoms with van der Waals surface area (Å²) in [7, 11) is 0. The van der Waals surface area contributed by atoms with Crippen LogP contribution in [0.15, 0.2) is 73.2 Å². The summed E-state index contributed by atoms with van der Waals surface area (Å²) in [4.78, 5) is 11.7. The zero-order valence-electron chi connectivity index (χ0n) is 14.5. The van der Waals surface area contributed by atoms with E-state index in [0.29, 0.717) is 0 Å². The van der Waals surface area contributed by atoms with Gasteiger partial charge in [0.15, 0.2) is 5.65 Å². The molecule has 1 fully saturated rings. The third-order valence-electron chi connectivity index (χ3n) is 5.09. The van der Waals surface area contributed by atoms with E-state index in [9.17, 15) is 0 Å². The van der Waals surface area contributed by atoms with Crippen LogP contribution in [-0.2, 0) is 0 Å². The zero-order chi connectivity index (χ0) is 17.3. The van der Waals surface area contributed by atoms with Gasteiger partial charge in [-0.25, -0.2) is 9.97 Å². The molecular weight excluding hydrogens is 320 g/mol. The van der Waals surface area contributed by atoms with Gasteiger partial charge in [0.1, 0.15) is 12.1 Å². The lowest BCUT2D eigenvalue weighted by molar-refractivity contribution is 0.937. The summed E-state index contributed by atoms with van der Waals surface area (Å²) in [5.41, 5.74) is 4.46. The Morgan fingerprint density at radius 2 is 1.46 bits per heavy atom. The van der Waals surface area contributed by atoms with Gasteiger partial charge in [-0.15, -0.1) is 0 Å². The van der Waals surface area contributed by atoms with Crippen LogP contribution in [0.25, 0.3) is 27.8 Å². The molecule has 4 aromatic rings. The molecule has 0 radical (unpaired) electrons. The van der Waals surface area contributed by atoms with Crippen molar-refractivity contribution in [1.82, 2.24) is 14.5 Å². The topological polar surface area (TPSA) is 34.0 Å². The highest BCUT2D eigenvalue weighted by molar-refractivity contribution is 6.02. The van der Waals surface area contributed by atoms with Gasteiger partial charge in [-0.3, -0.25) is 0 Å². The fraction of sp³-hybridized carbons (Fsp3) is 0.182. The van der Waals surface area contributed by atoms with Gasteiger partial charge in [0.25, 0.3) is 0 Å². The first kappa shape index (κ1) is 15.1. The molecule has 0 amide bonds. The van der Waals surface area contributed by atoms with Crippen LogP contribution in [-0.4, -0.2) is 27.6 Å². The molecule has 1 saturated heterocycles. The first-order chi connectivity index (χ1) is 12.9. The molecule has 128 valence electrons. The van der Waals surface area contributed by atoms with E-state index in [0.717, 1.165) is 35.6 Å². The lowest BCUT2D eigenvalue weighted by Gasteiger charge is -2.17. The van der Waals surface area contributed by atoms with Crippen molar-refractivity contribution in [3.63, 3.8) is 0 Å². The summed E-state index contributed by atoms with van der Waals surface area (Å²) in [5.74, 6) is 1.06. The Labute approximate surface area is 152 Å². The smallest absolute Gasteiger partial charge is 0.150 e. The largest absolute Gasteiger partial charge is 0.356 e. The number of hydrogen-bond acceptors (Lipinski definition) is 3. The highest BCUT2D eigenvalue weighted by atomic mass is 15.2. The second-order valence-corrected chi connectivity index (χ2v) is 6.70. The van der Waals surface area contributed by atoms with Crippen LogP contribution in [0.3, 0.4) is 0 Å². The van der Waals surface area contributed by atoms with E-state index in [1.807, 2.05) is 6.07 Å². The maximum atomic E-state index is 4.68. The number of aromatic nitrogens is 3. The highest BCUT2D eigenvalue weighted by Crippen LogP contribution is 2.37. The second-order valence-electron chi connectivity index (χ2n) is 6.70. The number of nitrogens with zero attached hydrogens (tertiary/aromatic N) is 4. The number of hydrogen-bond donors (Lipinski definition) is 0. The minimum atomic E-state index is 0.965. The van der Waals surface area contributed by atoms with Crippen molar-refractivity contribution in [2.75, 3.05) is 18.0 Å². The molecule has 5 rings (SSSR count). The van der Waals surface area contributed by atoms with Crippen LogP contribution < -0.4 is 4.90 Å². The molecule has 0 unspecified atom stereocenters. The van der Waals surface area contributed by atoms with E-state index in [4.69, 9.17) is 0 Å². The van der Waals surface area contributed by atoms with Gasteiger partial charge in [0.2, 0.25) is 0 Å². The first-order valence-electron chi connectivity index (χ1n) is 9.14. The molecule has 0 aliphatic carbocycles. The van der Waals surface area contributed by atoms with E-state index in [-0.39, 0.29) is 0 Å². The van der Waals surface area contributed by atoms with E-state index >= 15 is 0 Å². The Hall–Kier alpha value is -3.14. The highest BCUT2D eigenvalue weighted by Gasteiger charge is 2.22. The second kappa shape index (κ2) is 6.30. The SMILES string of the molecule is c1ccc(-c2cn(-c3ccccc3)c3ncnc(N4CCCC4)c23)cc1. The van der Waals surface area contributed by atoms with Gasteiger partial charge in [0, 0.05) is 30.5 Å². The Morgan fingerprint density at radius 1 is 0.769 bits per heavy atom. The molecule has 0 N–H and O–H groups in total. The Morgan fingerprint density at radius 3 is 2.19 bits per heavy atom. The predicted octanol–water partition coefficient (Wildman–Crippen LogP) is 4.69. The number of rotatable bonds is 3. The van der Waals surface area contributed by atoms with Gasteiger partial charge < -0.3 is 9.47 Å².